The van der Waals surface area contributed by atoms with Gasteiger partial charge < -0.3 is 14.8 Å². The minimum atomic E-state index is -0.0293. The molecule has 4 heterocycles. The van der Waals surface area contributed by atoms with E-state index < -0.39 is 0 Å². The molecular formula is C27H37N7O. The molecule has 2 aromatic heterocycles. The molecule has 2 aliphatic rings. The van der Waals surface area contributed by atoms with Crippen LogP contribution in [0.3, 0.4) is 0 Å². The molecule has 0 unspecified atom stereocenters. The summed E-state index contributed by atoms with van der Waals surface area (Å²) in [7, 11) is 0. The molecule has 1 amide bonds. The standard InChI is InChI=1S/C27H37N7O/c1-2-32(18-21-10-5-3-6-11-21)17-14-28-27(35)22-12-9-15-33(19-22)25-24-26(30-20-29-25)34-16-8-4-7-13-23(34)31-24/h3,5-6,10-11,20,22H,2,4,7-9,12-19H2,1H3,(H,28,35)/t22-/m0/s1. The number of aryl methyl sites for hydroxylation is 2. The maximum absolute atomic E-state index is 13.1. The molecule has 1 saturated heterocycles. The van der Waals surface area contributed by atoms with E-state index in [1.807, 2.05) is 6.07 Å². The van der Waals surface area contributed by atoms with Crippen LogP contribution in [0.2, 0.25) is 0 Å². The highest BCUT2D eigenvalue weighted by molar-refractivity contribution is 5.85. The lowest BCUT2D eigenvalue weighted by Crippen LogP contribution is -2.45. The summed E-state index contributed by atoms with van der Waals surface area (Å²) in [5, 5.41) is 3.20. The summed E-state index contributed by atoms with van der Waals surface area (Å²) in [5.41, 5.74) is 3.14. The van der Waals surface area contributed by atoms with E-state index in [0.717, 1.165) is 74.8 Å². The topological polar surface area (TPSA) is 79.2 Å². The number of likely N-dealkylation sites (N-methyl/N-ethyl adjacent to an activating group) is 1. The molecule has 1 atom stereocenters. The van der Waals surface area contributed by atoms with Gasteiger partial charge in [-0.05, 0) is 37.8 Å². The van der Waals surface area contributed by atoms with Gasteiger partial charge in [0, 0.05) is 45.7 Å². The zero-order valence-electron chi connectivity index (χ0n) is 20.8. The molecule has 0 saturated carbocycles. The molecule has 1 aromatic carbocycles. The van der Waals surface area contributed by atoms with E-state index in [4.69, 9.17) is 4.98 Å². The Morgan fingerprint density at radius 2 is 2.00 bits per heavy atom. The molecule has 186 valence electrons. The maximum atomic E-state index is 13.1. The maximum Gasteiger partial charge on any atom is 0.224 e. The summed E-state index contributed by atoms with van der Waals surface area (Å²) in [6.45, 7) is 8.11. The molecule has 35 heavy (non-hydrogen) atoms. The van der Waals surface area contributed by atoms with Crippen LogP contribution in [-0.2, 0) is 24.3 Å². The first-order chi connectivity index (χ1) is 17.2. The molecule has 8 nitrogen and oxygen atoms in total. The van der Waals surface area contributed by atoms with Gasteiger partial charge in [0.2, 0.25) is 5.91 Å². The lowest BCUT2D eigenvalue weighted by atomic mass is 9.97. The van der Waals surface area contributed by atoms with Gasteiger partial charge in [0.1, 0.15) is 12.2 Å². The summed E-state index contributed by atoms with van der Waals surface area (Å²) in [6, 6.07) is 10.5. The summed E-state index contributed by atoms with van der Waals surface area (Å²) in [6.07, 6.45) is 8.15. The number of benzene rings is 1. The van der Waals surface area contributed by atoms with E-state index in [0.29, 0.717) is 13.1 Å². The molecule has 1 N–H and O–H groups in total. The van der Waals surface area contributed by atoms with Gasteiger partial charge in [0.25, 0.3) is 0 Å². The van der Waals surface area contributed by atoms with Crippen molar-refractivity contribution in [3.05, 3.63) is 48.0 Å². The monoisotopic (exact) mass is 475 g/mol. The number of amides is 1. The Morgan fingerprint density at radius 3 is 2.86 bits per heavy atom. The van der Waals surface area contributed by atoms with E-state index in [1.165, 1.54) is 24.8 Å². The smallest absolute Gasteiger partial charge is 0.224 e. The van der Waals surface area contributed by atoms with Crippen LogP contribution in [0.1, 0.15) is 50.4 Å². The van der Waals surface area contributed by atoms with Gasteiger partial charge >= 0.3 is 0 Å². The average Bonchev–Trinajstić information content (AvgIpc) is 3.09. The van der Waals surface area contributed by atoms with E-state index in [-0.39, 0.29) is 11.8 Å². The van der Waals surface area contributed by atoms with Crippen molar-refractivity contribution in [2.75, 3.05) is 37.6 Å². The van der Waals surface area contributed by atoms with E-state index in [2.05, 4.69) is 60.8 Å². The number of anilines is 1. The van der Waals surface area contributed by atoms with Crippen LogP contribution >= 0.6 is 0 Å². The number of imidazole rings is 1. The predicted molar refractivity (Wildman–Crippen MR) is 138 cm³/mol. The molecule has 0 bridgehead atoms. The number of rotatable bonds is 8. The summed E-state index contributed by atoms with van der Waals surface area (Å²) in [4.78, 5) is 31.8. The third-order valence-electron chi connectivity index (χ3n) is 7.39. The molecule has 3 aromatic rings. The largest absolute Gasteiger partial charge is 0.355 e. The van der Waals surface area contributed by atoms with Gasteiger partial charge in [0.05, 0.1) is 5.92 Å². The van der Waals surface area contributed by atoms with Crippen LogP contribution in [0.5, 0.6) is 0 Å². The fourth-order valence-corrected chi connectivity index (χ4v) is 5.41. The number of nitrogens with one attached hydrogen (secondary N) is 1. The molecule has 0 radical (unpaired) electrons. The third-order valence-corrected chi connectivity index (χ3v) is 7.39. The number of fused-ring (bicyclic) bond motifs is 3. The van der Waals surface area contributed by atoms with Crippen molar-refractivity contribution in [2.24, 2.45) is 5.92 Å². The van der Waals surface area contributed by atoms with Crippen molar-refractivity contribution in [1.82, 2.24) is 29.7 Å². The SMILES string of the molecule is CCN(CCNC(=O)[C@H]1CCCN(c2ncnc3c2nc2n3CCCCC2)C1)Cc1ccccc1. The van der Waals surface area contributed by atoms with Crippen LogP contribution < -0.4 is 10.2 Å². The van der Waals surface area contributed by atoms with Gasteiger partial charge in [0.15, 0.2) is 17.0 Å². The Kier molecular flexibility index (Phi) is 7.57. The first-order valence-corrected chi connectivity index (χ1v) is 13.2. The number of hydrogen-bond acceptors (Lipinski definition) is 6. The van der Waals surface area contributed by atoms with Gasteiger partial charge in [-0.25, -0.2) is 15.0 Å². The Morgan fingerprint density at radius 1 is 1.11 bits per heavy atom. The molecule has 0 aliphatic carbocycles. The van der Waals surface area contributed by atoms with Crippen LogP contribution in [-0.4, -0.2) is 63.0 Å². The second kappa shape index (κ2) is 11.2. The minimum Gasteiger partial charge on any atom is -0.355 e. The molecule has 1 fully saturated rings. The fourth-order valence-electron chi connectivity index (χ4n) is 5.41. The normalized spacial score (nSPS) is 18.5. The van der Waals surface area contributed by atoms with Crippen molar-refractivity contribution in [2.45, 2.75) is 58.5 Å². The highest BCUT2D eigenvalue weighted by Gasteiger charge is 2.29. The summed E-state index contributed by atoms with van der Waals surface area (Å²) >= 11 is 0. The first kappa shape index (κ1) is 23.7. The van der Waals surface area contributed by atoms with E-state index >= 15 is 0 Å². The average molecular weight is 476 g/mol. The van der Waals surface area contributed by atoms with Crippen molar-refractivity contribution in [3.63, 3.8) is 0 Å². The Bertz CT molecular complexity index is 1130. The number of aromatic nitrogens is 4. The number of hydrogen-bond donors (Lipinski definition) is 1. The highest BCUT2D eigenvalue weighted by Crippen LogP contribution is 2.29. The Balaban J connectivity index is 1.20. The Labute approximate surface area is 207 Å². The fraction of sp³-hybridized carbons (Fsp3) is 0.556. The number of carbonyl (C=O) groups excluding carboxylic acids is 1. The zero-order valence-corrected chi connectivity index (χ0v) is 20.8. The van der Waals surface area contributed by atoms with Crippen LogP contribution in [0.15, 0.2) is 36.7 Å². The molecular weight excluding hydrogens is 438 g/mol. The van der Waals surface area contributed by atoms with Crippen molar-refractivity contribution >= 4 is 22.9 Å². The second-order valence-corrected chi connectivity index (χ2v) is 9.79. The molecule has 0 spiro atoms. The van der Waals surface area contributed by atoms with Crippen LogP contribution in [0.25, 0.3) is 11.2 Å². The van der Waals surface area contributed by atoms with E-state index in [9.17, 15) is 4.79 Å². The number of piperidine rings is 1. The first-order valence-electron chi connectivity index (χ1n) is 13.2. The summed E-state index contributed by atoms with van der Waals surface area (Å²) < 4.78 is 2.27. The molecule has 8 heteroatoms. The van der Waals surface area contributed by atoms with Crippen molar-refractivity contribution in [3.8, 4) is 0 Å². The van der Waals surface area contributed by atoms with Crippen LogP contribution in [0.4, 0.5) is 5.82 Å². The number of nitrogens with zero attached hydrogens (tertiary/aromatic N) is 6. The van der Waals surface area contributed by atoms with Crippen molar-refractivity contribution in [1.29, 1.82) is 0 Å². The summed E-state index contributed by atoms with van der Waals surface area (Å²) in [5.74, 6) is 2.13. The molecule has 5 rings (SSSR count). The lowest BCUT2D eigenvalue weighted by molar-refractivity contribution is -0.125. The lowest BCUT2D eigenvalue weighted by Gasteiger charge is -2.33. The predicted octanol–water partition coefficient (Wildman–Crippen LogP) is 3.41. The quantitative estimate of drug-likeness (QED) is 0.538. The second-order valence-electron chi connectivity index (χ2n) is 9.79. The van der Waals surface area contributed by atoms with Crippen LogP contribution in [0, 0.1) is 5.92 Å². The van der Waals surface area contributed by atoms with E-state index in [1.54, 1.807) is 6.33 Å². The van der Waals surface area contributed by atoms with Gasteiger partial charge in [-0.3, -0.25) is 9.69 Å². The highest BCUT2D eigenvalue weighted by atomic mass is 16.1. The van der Waals surface area contributed by atoms with Gasteiger partial charge in [-0.2, -0.15) is 0 Å². The van der Waals surface area contributed by atoms with Crippen molar-refractivity contribution < 1.29 is 4.79 Å². The zero-order chi connectivity index (χ0) is 24.0. The third kappa shape index (κ3) is 5.48. The minimum absolute atomic E-state index is 0.0293. The molecule has 2 aliphatic heterocycles. The van der Waals surface area contributed by atoms with Gasteiger partial charge in [-0.1, -0.05) is 43.7 Å². The van der Waals surface area contributed by atoms with Gasteiger partial charge in [-0.15, -0.1) is 0 Å². The Hall–Kier alpha value is -3.00. The number of carbonyl (C=O) groups is 1.